The first kappa shape index (κ1) is 23.1. The van der Waals surface area contributed by atoms with Crippen LogP contribution in [0.1, 0.15) is 11.4 Å². The van der Waals surface area contributed by atoms with E-state index in [-0.39, 0.29) is 42.6 Å². The van der Waals surface area contributed by atoms with Crippen LogP contribution in [0, 0.1) is 0 Å². The Bertz CT molecular complexity index is 1010. The lowest BCUT2D eigenvalue weighted by Crippen LogP contribution is -2.26. The van der Waals surface area contributed by atoms with Crippen LogP contribution >= 0.6 is 0 Å². The van der Waals surface area contributed by atoms with E-state index in [9.17, 15) is 18.0 Å². The molecule has 0 bridgehead atoms. The summed E-state index contributed by atoms with van der Waals surface area (Å²) in [6.07, 6.45) is -3.14. The summed E-state index contributed by atoms with van der Waals surface area (Å²) in [6, 6.07) is 0.875. The lowest BCUT2D eigenvalue weighted by Gasteiger charge is -2.16. The van der Waals surface area contributed by atoms with Crippen LogP contribution in [0.15, 0.2) is 12.3 Å². The van der Waals surface area contributed by atoms with Crippen molar-refractivity contribution < 1.29 is 32.5 Å². The van der Waals surface area contributed by atoms with Gasteiger partial charge in [0.2, 0.25) is 5.88 Å². The quantitative estimate of drug-likeness (QED) is 0.495. The standard InChI is InChI=1S/C19H25F3N4O4Si/c1-29-17-14-13(19(20,21)22)10-26(11-30-7-8-31(2,3)4)16(14)23-15(24-17)12-5-6-25(9-12)18(27)28/h5,10H,6-9,11H2,1-4H3,(H,27,28). The zero-order valence-electron chi connectivity index (χ0n) is 17.8. The third kappa shape index (κ3) is 5.18. The normalized spacial score (nSPS) is 14.9. The molecule has 0 atom stereocenters. The minimum absolute atomic E-state index is 0.0249. The highest BCUT2D eigenvalue weighted by Gasteiger charge is 2.37. The molecule has 1 N–H and O–H groups in total. The third-order valence-corrected chi connectivity index (χ3v) is 6.59. The van der Waals surface area contributed by atoms with Crippen LogP contribution in [0.3, 0.4) is 0 Å². The molecule has 2 aromatic rings. The summed E-state index contributed by atoms with van der Waals surface area (Å²) in [6.45, 7) is 7.09. The molecule has 1 aliphatic rings. The molecule has 1 aliphatic heterocycles. The second-order valence-corrected chi connectivity index (χ2v) is 14.1. The van der Waals surface area contributed by atoms with Crippen LogP contribution in [0.2, 0.25) is 25.7 Å². The minimum atomic E-state index is -4.63. The largest absolute Gasteiger partial charge is 0.480 e. The van der Waals surface area contributed by atoms with Gasteiger partial charge in [0.15, 0.2) is 5.82 Å². The van der Waals surface area contributed by atoms with Gasteiger partial charge in [0.05, 0.1) is 24.6 Å². The van der Waals surface area contributed by atoms with Crippen LogP contribution in [-0.4, -0.2) is 65.5 Å². The van der Waals surface area contributed by atoms with Crippen LogP contribution in [0.25, 0.3) is 16.6 Å². The monoisotopic (exact) mass is 458 g/mol. The van der Waals surface area contributed by atoms with E-state index in [1.165, 1.54) is 11.7 Å². The van der Waals surface area contributed by atoms with E-state index in [4.69, 9.17) is 14.6 Å². The molecule has 1 amide bonds. The number of methoxy groups -OCH3 is 1. The maximum absolute atomic E-state index is 13.7. The van der Waals surface area contributed by atoms with Crippen molar-refractivity contribution in [3.8, 4) is 5.88 Å². The van der Waals surface area contributed by atoms with Gasteiger partial charge in [-0.2, -0.15) is 18.2 Å². The first-order valence-electron chi connectivity index (χ1n) is 9.68. The van der Waals surface area contributed by atoms with Crippen molar-refractivity contribution in [2.45, 2.75) is 38.6 Å². The fraction of sp³-hybridized carbons (Fsp3) is 0.526. The average molecular weight is 459 g/mol. The van der Waals surface area contributed by atoms with E-state index in [0.29, 0.717) is 12.2 Å². The molecular weight excluding hydrogens is 433 g/mol. The number of hydrogen-bond donors (Lipinski definition) is 1. The molecule has 3 heterocycles. The van der Waals surface area contributed by atoms with Crippen molar-refractivity contribution in [3.63, 3.8) is 0 Å². The molecular formula is C19H25F3N4O4Si. The van der Waals surface area contributed by atoms with Crippen molar-refractivity contribution in [3.05, 3.63) is 23.7 Å². The molecule has 0 saturated heterocycles. The Balaban J connectivity index is 2.01. The summed E-state index contributed by atoms with van der Waals surface area (Å²) in [5.41, 5.74) is -0.382. The SMILES string of the molecule is COc1nc(C2=CCN(C(=O)O)C2)nc2c1c(C(F)(F)F)cn2COCC[Si](C)(C)C. The second kappa shape index (κ2) is 8.50. The van der Waals surface area contributed by atoms with Gasteiger partial charge >= 0.3 is 12.3 Å². The predicted octanol–water partition coefficient (Wildman–Crippen LogP) is 4.15. The number of nitrogens with zero attached hydrogens (tertiary/aromatic N) is 4. The van der Waals surface area contributed by atoms with Gasteiger partial charge in [-0.3, -0.25) is 0 Å². The number of aromatic nitrogens is 3. The summed E-state index contributed by atoms with van der Waals surface area (Å²) in [7, 11) is -0.115. The number of hydrogen-bond acceptors (Lipinski definition) is 5. The first-order valence-corrected chi connectivity index (χ1v) is 13.4. The highest BCUT2D eigenvalue weighted by Crippen LogP contribution is 2.40. The molecule has 8 nitrogen and oxygen atoms in total. The van der Waals surface area contributed by atoms with Gasteiger partial charge in [-0.15, -0.1) is 0 Å². The average Bonchev–Trinajstić information content (AvgIpc) is 3.29. The molecule has 0 saturated carbocycles. The topological polar surface area (TPSA) is 89.7 Å². The maximum Gasteiger partial charge on any atom is 0.418 e. The number of fused-ring (bicyclic) bond motifs is 1. The zero-order valence-corrected chi connectivity index (χ0v) is 18.8. The summed E-state index contributed by atoms with van der Waals surface area (Å²) in [5.74, 6) is -0.0916. The number of halogens is 3. The highest BCUT2D eigenvalue weighted by atomic mass is 28.3. The molecule has 170 valence electrons. The first-order chi connectivity index (χ1) is 14.4. The summed E-state index contributed by atoms with van der Waals surface area (Å²) < 4.78 is 53.2. The fourth-order valence-corrected chi connectivity index (χ4v) is 3.92. The molecule has 0 spiro atoms. The van der Waals surface area contributed by atoms with Crippen molar-refractivity contribution in [1.82, 2.24) is 19.4 Å². The molecule has 0 aromatic carbocycles. The van der Waals surface area contributed by atoms with Crippen LogP contribution in [-0.2, 0) is 17.6 Å². The van der Waals surface area contributed by atoms with E-state index < -0.39 is 25.9 Å². The number of ether oxygens (including phenoxy) is 2. The van der Waals surface area contributed by atoms with Gasteiger partial charge in [0.25, 0.3) is 0 Å². The minimum Gasteiger partial charge on any atom is -0.480 e. The molecule has 3 rings (SSSR count). The van der Waals surface area contributed by atoms with E-state index in [2.05, 4.69) is 29.6 Å². The van der Waals surface area contributed by atoms with Gasteiger partial charge in [0.1, 0.15) is 12.4 Å². The lowest BCUT2D eigenvalue weighted by molar-refractivity contribution is -0.136. The molecule has 31 heavy (non-hydrogen) atoms. The van der Waals surface area contributed by atoms with Crippen LogP contribution in [0.4, 0.5) is 18.0 Å². The van der Waals surface area contributed by atoms with E-state index in [1.807, 2.05) is 0 Å². The van der Waals surface area contributed by atoms with E-state index in [0.717, 1.165) is 17.1 Å². The fourth-order valence-electron chi connectivity index (χ4n) is 3.16. The zero-order chi connectivity index (χ0) is 23.0. The van der Waals surface area contributed by atoms with Crippen molar-refractivity contribution in [2.24, 2.45) is 0 Å². The van der Waals surface area contributed by atoms with Crippen molar-refractivity contribution in [1.29, 1.82) is 0 Å². The van der Waals surface area contributed by atoms with Gasteiger partial charge in [0, 0.05) is 33.0 Å². The third-order valence-electron chi connectivity index (χ3n) is 4.89. The van der Waals surface area contributed by atoms with Gasteiger partial charge in [-0.25, -0.2) is 9.78 Å². The Kier molecular flexibility index (Phi) is 6.32. The summed E-state index contributed by atoms with van der Waals surface area (Å²) in [4.78, 5) is 20.8. The molecule has 0 fully saturated rings. The van der Waals surface area contributed by atoms with Gasteiger partial charge in [-0.05, 0) is 6.04 Å². The smallest absolute Gasteiger partial charge is 0.418 e. The molecule has 0 unspecified atom stereocenters. The van der Waals surface area contributed by atoms with Crippen LogP contribution < -0.4 is 4.74 Å². The summed E-state index contributed by atoms with van der Waals surface area (Å²) in [5, 5.41) is 8.90. The Morgan fingerprint density at radius 1 is 1.29 bits per heavy atom. The second-order valence-electron chi connectivity index (χ2n) is 8.51. The van der Waals surface area contributed by atoms with Crippen molar-refractivity contribution >= 4 is 30.8 Å². The Labute approximate surface area is 178 Å². The Morgan fingerprint density at radius 3 is 2.55 bits per heavy atom. The molecule has 12 heteroatoms. The van der Waals surface area contributed by atoms with Gasteiger partial charge < -0.3 is 24.0 Å². The number of amides is 1. The van der Waals surface area contributed by atoms with Gasteiger partial charge in [-0.1, -0.05) is 25.7 Å². The maximum atomic E-state index is 13.7. The number of carbonyl (C=O) groups is 1. The molecule has 2 aromatic heterocycles. The Hall–Kier alpha value is -2.60. The Morgan fingerprint density at radius 2 is 2.00 bits per heavy atom. The lowest BCUT2D eigenvalue weighted by atomic mass is 10.2. The molecule has 0 radical (unpaired) electrons. The van der Waals surface area contributed by atoms with Crippen molar-refractivity contribution in [2.75, 3.05) is 26.8 Å². The predicted molar refractivity (Wildman–Crippen MR) is 111 cm³/mol. The molecule has 0 aliphatic carbocycles. The highest BCUT2D eigenvalue weighted by molar-refractivity contribution is 6.76. The van der Waals surface area contributed by atoms with Crippen LogP contribution in [0.5, 0.6) is 5.88 Å². The van der Waals surface area contributed by atoms with E-state index >= 15 is 0 Å². The number of rotatable bonds is 7. The van der Waals surface area contributed by atoms with E-state index in [1.54, 1.807) is 6.08 Å². The summed E-state index contributed by atoms with van der Waals surface area (Å²) >= 11 is 0. The number of carboxylic acid groups (broad SMARTS) is 1. The number of alkyl halides is 3.